The fourth-order valence-electron chi connectivity index (χ4n) is 4.60. The molecule has 2 heterocycles. The van der Waals surface area contributed by atoms with E-state index in [9.17, 15) is 9.59 Å². The second kappa shape index (κ2) is 8.37. The third kappa shape index (κ3) is 4.05. The Kier molecular flexibility index (Phi) is 5.67. The molecule has 1 atom stereocenters. The van der Waals surface area contributed by atoms with Crippen molar-refractivity contribution in [2.75, 3.05) is 19.6 Å². The van der Waals surface area contributed by atoms with Crippen molar-refractivity contribution in [2.45, 2.75) is 51.6 Å². The minimum absolute atomic E-state index is 0.00218. The van der Waals surface area contributed by atoms with E-state index in [0.29, 0.717) is 13.1 Å². The maximum Gasteiger partial charge on any atom is 0.242 e. The van der Waals surface area contributed by atoms with Crippen LogP contribution in [0, 0.1) is 13.8 Å². The van der Waals surface area contributed by atoms with Gasteiger partial charge < -0.3 is 10.6 Å². The third-order valence-corrected chi connectivity index (χ3v) is 6.00. The number of rotatable bonds is 5. The normalized spacial score (nSPS) is 20.6. The van der Waals surface area contributed by atoms with Gasteiger partial charge in [0.2, 0.25) is 11.8 Å². The first-order chi connectivity index (χ1) is 14.0. The Balaban J connectivity index is 1.59. The predicted octanol–water partition coefficient (Wildman–Crippen LogP) is 2.02. The lowest BCUT2D eigenvalue weighted by Crippen LogP contribution is -2.53. The summed E-state index contributed by atoms with van der Waals surface area (Å²) < 4.78 is 1.88. The molecule has 0 bridgehead atoms. The van der Waals surface area contributed by atoms with Gasteiger partial charge in [0.1, 0.15) is 6.04 Å². The van der Waals surface area contributed by atoms with E-state index >= 15 is 0 Å². The number of benzene rings is 1. The highest BCUT2D eigenvalue weighted by molar-refractivity contribution is 5.86. The highest BCUT2D eigenvalue weighted by Crippen LogP contribution is 2.30. The first-order valence-corrected chi connectivity index (χ1v) is 10.5. The first-order valence-electron chi connectivity index (χ1n) is 10.5. The molecule has 1 aromatic carbocycles. The van der Waals surface area contributed by atoms with Crippen LogP contribution >= 0.6 is 0 Å². The summed E-state index contributed by atoms with van der Waals surface area (Å²) >= 11 is 0. The number of carbonyl (C=O) groups excluding carboxylic acids is 2. The van der Waals surface area contributed by atoms with Crippen molar-refractivity contribution in [1.82, 2.24) is 25.3 Å². The molecule has 1 aromatic heterocycles. The Hall–Kier alpha value is -2.67. The Morgan fingerprint density at radius 2 is 1.93 bits per heavy atom. The molecule has 7 nitrogen and oxygen atoms in total. The van der Waals surface area contributed by atoms with Gasteiger partial charge in [-0.15, -0.1) is 0 Å². The summed E-state index contributed by atoms with van der Waals surface area (Å²) in [6.07, 6.45) is 4.46. The van der Waals surface area contributed by atoms with Crippen molar-refractivity contribution in [3.63, 3.8) is 0 Å². The second-order valence-electron chi connectivity index (χ2n) is 8.04. The Labute approximate surface area is 171 Å². The molecule has 2 aliphatic rings. The minimum Gasteiger partial charge on any atom is -0.353 e. The molecule has 1 unspecified atom stereocenters. The van der Waals surface area contributed by atoms with Crippen LogP contribution in [0.4, 0.5) is 0 Å². The Morgan fingerprint density at radius 3 is 2.66 bits per heavy atom. The number of carbonyl (C=O) groups is 2. The molecule has 1 aliphatic heterocycles. The van der Waals surface area contributed by atoms with E-state index in [4.69, 9.17) is 5.10 Å². The van der Waals surface area contributed by atoms with Crippen molar-refractivity contribution >= 4 is 11.8 Å². The summed E-state index contributed by atoms with van der Waals surface area (Å²) in [6, 6.07) is 9.68. The summed E-state index contributed by atoms with van der Waals surface area (Å²) in [5.74, 6) is -0.0638. The molecule has 7 heteroatoms. The second-order valence-corrected chi connectivity index (χ2v) is 8.04. The number of piperazine rings is 1. The van der Waals surface area contributed by atoms with Crippen molar-refractivity contribution in [1.29, 1.82) is 0 Å². The molecule has 2 aromatic rings. The fraction of sp³-hybridized carbons (Fsp3) is 0.500. The van der Waals surface area contributed by atoms with Gasteiger partial charge in [0.15, 0.2) is 0 Å². The third-order valence-electron chi connectivity index (χ3n) is 6.00. The lowest BCUT2D eigenvalue weighted by atomic mass is 10.00. The number of nitrogens with zero attached hydrogens (tertiary/aromatic N) is 3. The zero-order chi connectivity index (χ0) is 20.4. The van der Waals surface area contributed by atoms with Gasteiger partial charge in [0.05, 0.1) is 17.9 Å². The molecule has 0 radical (unpaired) electrons. The molecule has 1 saturated carbocycles. The van der Waals surface area contributed by atoms with Gasteiger partial charge in [-0.1, -0.05) is 31.0 Å². The number of hydrogen-bond acceptors (Lipinski definition) is 4. The number of aromatic nitrogens is 2. The minimum atomic E-state index is -0.504. The van der Waals surface area contributed by atoms with Gasteiger partial charge in [0.25, 0.3) is 0 Å². The average Bonchev–Trinajstić information content (AvgIpc) is 3.31. The monoisotopic (exact) mass is 395 g/mol. The van der Waals surface area contributed by atoms with Gasteiger partial charge in [-0.2, -0.15) is 5.10 Å². The van der Waals surface area contributed by atoms with Gasteiger partial charge in [-0.05, 0) is 38.8 Å². The highest BCUT2D eigenvalue weighted by atomic mass is 16.2. The maximum atomic E-state index is 12.9. The number of hydrogen-bond donors (Lipinski definition) is 2. The fourth-order valence-corrected chi connectivity index (χ4v) is 4.60. The number of para-hydroxylation sites is 1. The van der Waals surface area contributed by atoms with E-state index in [1.807, 2.05) is 53.8 Å². The standard InChI is InChI=1S/C22H29N5O2/c1-15-20(16(2)27(25-15)18-10-4-3-5-11-18)21-22(29)23-12-13-26(21)14-19(28)24-17-8-6-7-9-17/h3-5,10-11,17,21H,6-9,12-14H2,1-2H3,(H,23,29)(H,24,28). The summed E-state index contributed by atoms with van der Waals surface area (Å²) in [5.41, 5.74) is 3.59. The molecule has 29 heavy (non-hydrogen) atoms. The molecule has 1 saturated heterocycles. The van der Waals surface area contributed by atoms with E-state index in [1.165, 1.54) is 12.8 Å². The molecule has 2 N–H and O–H groups in total. The molecular weight excluding hydrogens is 366 g/mol. The largest absolute Gasteiger partial charge is 0.353 e. The molecular formula is C22H29N5O2. The zero-order valence-corrected chi connectivity index (χ0v) is 17.1. The lowest BCUT2D eigenvalue weighted by Gasteiger charge is -2.35. The van der Waals surface area contributed by atoms with Crippen LogP contribution in [0.2, 0.25) is 0 Å². The molecule has 154 valence electrons. The quantitative estimate of drug-likeness (QED) is 0.812. The van der Waals surface area contributed by atoms with E-state index in [2.05, 4.69) is 10.6 Å². The average molecular weight is 396 g/mol. The van der Waals surface area contributed by atoms with Crippen LogP contribution < -0.4 is 10.6 Å². The molecule has 2 amide bonds. The van der Waals surface area contributed by atoms with E-state index in [1.54, 1.807) is 0 Å². The summed E-state index contributed by atoms with van der Waals surface area (Å²) in [6.45, 7) is 5.34. The van der Waals surface area contributed by atoms with Crippen molar-refractivity contribution in [3.8, 4) is 5.69 Å². The zero-order valence-electron chi connectivity index (χ0n) is 17.1. The van der Waals surface area contributed by atoms with Crippen LogP contribution in [0.3, 0.4) is 0 Å². The van der Waals surface area contributed by atoms with Crippen molar-refractivity contribution in [2.24, 2.45) is 0 Å². The van der Waals surface area contributed by atoms with Crippen LogP contribution in [0.15, 0.2) is 30.3 Å². The summed E-state index contributed by atoms with van der Waals surface area (Å²) in [4.78, 5) is 27.5. The first kappa shape index (κ1) is 19.6. The van der Waals surface area contributed by atoms with Crippen LogP contribution in [-0.2, 0) is 9.59 Å². The Bertz CT molecular complexity index is 886. The summed E-state index contributed by atoms with van der Waals surface area (Å²) in [7, 11) is 0. The van der Waals surface area contributed by atoms with Gasteiger partial charge in [-0.25, -0.2) is 4.68 Å². The van der Waals surface area contributed by atoms with Gasteiger partial charge >= 0.3 is 0 Å². The maximum absolute atomic E-state index is 12.9. The molecule has 1 aliphatic carbocycles. The van der Waals surface area contributed by atoms with Gasteiger partial charge in [0, 0.05) is 30.4 Å². The van der Waals surface area contributed by atoms with E-state index < -0.39 is 6.04 Å². The van der Waals surface area contributed by atoms with Crippen molar-refractivity contribution < 1.29 is 9.59 Å². The lowest BCUT2D eigenvalue weighted by molar-refractivity contribution is -0.132. The van der Waals surface area contributed by atoms with Crippen LogP contribution in [0.5, 0.6) is 0 Å². The predicted molar refractivity (Wildman–Crippen MR) is 111 cm³/mol. The molecule has 2 fully saturated rings. The van der Waals surface area contributed by atoms with Crippen LogP contribution in [0.1, 0.15) is 48.7 Å². The topological polar surface area (TPSA) is 79.3 Å². The van der Waals surface area contributed by atoms with E-state index in [-0.39, 0.29) is 24.4 Å². The number of aryl methyl sites for hydroxylation is 1. The summed E-state index contributed by atoms with van der Waals surface area (Å²) in [5, 5.41) is 10.8. The smallest absolute Gasteiger partial charge is 0.242 e. The molecule has 0 spiro atoms. The van der Waals surface area contributed by atoms with Crippen molar-refractivity contribution in [3.05, 3.63) is 47.3 Å². The SMILES string of the molecule is Cc1nn(-c2ccccc2)c(C)c1C1C(=O)NCCN1CC(=O)NC1CCCC1. The van der Waals surface area contributed by atoms with Crippen LogP contribution in [0.25, 0.3) is 5.69 Å². The van der Waals surface area contributed by atoms with Gasteiger partial charge in [-0.3, -0.25) is 14.5 Å². The number of nitrogens with one attached hydrogen (secondary N) is 2. The molecule has 4 rings (SSSR count). The number of amides is 2. The van der Waals surface area contributed by atoms with E-state index in [0.717, 1.165) is 35.5 Å². The highest BCUT2D eigenvalue weighted by Gasteiger charge is 2.36. The Morgan fingerprint density at radius 1 is 1.21 bits per heavy atom. The van der Waals surface area contributed by atoms with Crippen LogP contribution in [-0.4, -0.2) is 52.2 Å².